The van der Waals surface area contributed by atoms with E-state index in [0.29, 0.717) is 23.8 Å². The Morgan fingerprint density at radius 2 is 2.19 bits per heavy atom. The zero-order valence-corrected chi connectivity index (χ0v) is 10.1. The lowest BCUT2D eigenvalue weighted by atomic mass is 10.3. The van der Waals surface area contributed by atoms with Crippen molar-refractivity contribution < 1.29 is 8.83 Å². The highest BCUT2D eigenvalue weighted by atomic mass is 32.1. The van der Waals surface area contributed by atoms with Crippen LogP contribution in [0.1, 0.15) is 5.56 Å². The molecule has 16 heavy (non-hydrogen) atoms. The molecule has 0 unspecified atom stereocenters. The van der Waals surface area contributed by atoms with E-state index >= 15 is 0 Å². The molecular weight excluding hydrogens is 226 g/mol. The van der Waals surface area contributed by atoms with Gasteiger partial charge in [-0.2, -0.15) is 12.6 Å². The summed E-state index contributed by atoms with van der Waals surface area (Å²) >= 11 is 4.14. The zero-order valence-electron chi connectivity index (χ0n) is 9.19. The summed E-state index contributed by atoms with van der Waals surface area (Å²) < 4.78 is 10.8. The average molecular weight is 239 g/mol. The standard InChI is InChI=1S/C11H13NO3S/c1-7-6-14-11-8(13)5-9(15-10(7)11)12(2)3-4-16/h5-6,16H,3-4H2,1-2H3. The number of hydrogen-bond donors (Lipinski definition) is 1. The third kappa shape index (κ3) is 1.82. The van der Waals surface area contributed by atoms with E-state index in [2.05, 4.69) is 12.6 Å². The van der Waals surface area contributed by atoms with Crippen molar-refractivity contribution in [3.05, 3.63) is 28.1 Å². The molecule has 4 nitrogen and oxygen atoms in total. The first-order valence-electron chi connectivity index (χ1n) is 4.97. The summed E-state index contributed by atoms with van der Waals surface area (Å²) in [5.41, 5.74) is 1.47. The van der Waals surface area contributed by atoms with Gasteiger partial charge in [0, 0.05) is 24.9 Å². The molecule has 0 aromatic carbocycles. The molecule has 0 saturated carbocycles. The molecule has 0 atom stereocenters. The van der Waals surface area contributed by atoms with Crippen molar-refractivity contribution in [3.63, 3.8) is 0 Å². The third-order valence-electron chi connectivity index (χ3n) is 2.41. The van der Waals surface area contributed by atoms with Crippen LogP contribution in [-0.4, -0.2) is 19.3 Å². The number of anilines is 1. The van der Waals surface area contributed by atoms with E-state index in [9.17, 15) is 4.79 Å². The SMILES string of the molecule is Cc1coc2c(=O)cc(N(C)CCS)oc12. The maximum atomic E-state index is 11.7. The van der Waals surface area contributed by atoms with Crippen molar-refractivity contribution in [3.8, 4) is 0 Å². The Kier molecular flexibility index (Phi) is 2.96. The Labute approximate surface area is 98.2 Å². The molecule has 2 rings (SSSR count). The molecule has 86 valence electrons. The molecule has 2 aromatic rings. The van der Waals surface area contributed by atoms with Crippen molar-refractivity contribution >= 4 is 29.7 Å². The summed E-state index contributed by atoms with van der Waals surface area (Å²) in [7, 11) is 1.86. The van der Waals surface area contributed by atoms with Gasteiger partial charge in [0.1, 0.15) is 0 Å². The Morgan fingerprint density at radius 3 is 2.88 bits per heavy atom. The highest BCUT2D eigenvalue weighted by Crippen LogP contribution is 2.22. The number of thiol groups is 1. The Morgan fingerprint density at radius 1 is 1.44 bits per heavy atom. The molecular formula is C11H13NO3S. The molecule has 2 heterocycles. The van der Waals surface area contributed by atoms with E-state index in [4.69, 9.17) is 8.83 Å². The molecule has 0 N–H and O–H groups in total. The number of hydrogen-bond acceptors (Lipinski definition) is 5. The lowest BCUT2D eigenvalue weighted by Crippen LogP contribution is -2.20. The van der Waals surface area contributed by atoms with Crippen LogP contribution in [0.5, 0.6) is 0 Å². The predicted octanol–water partition coefficient (Wildman–Crippen LogP) is 2.06. The molecule has 0 aliphatic heterocycles. The Hall–Kier alpha value is -1.36. The van der Waals surface area contributed by atoms with Gasteiger partial charge in [-0.05, 0) is 6.92 Å². The fourth-order valence-electron chi connectivity index (χ4n) is 1.49. The molecule has 0 spiro atoms. The van der Waals surface area contributed by atoms with Gasteiger partial charge in [-0.3, -0.25) is 4.79 Å². The summed E-state index contributed by atoms with van der Waals surface area (Å²) in [4.78, 5) is 13.6. The first-order chi connectivity index (χ1) is 7.63. The first-order valence-corrected chi connectivity index (χ1v) is 5.60. The van der Waals surface area contributed by atoms with Crippen LogP contribution in [0.4, 0.5) is 5.88 Å². The smallest absolute Gasteiger partial charge is 0.230 e. The van der Waals surface area contributed by atoms with Gasteiger partial charge in [0.15, 0.2) is 11.5 Å². The molecule has 0 aliphatic carbocycles. The summed E-state index contributed by atoms with van der Waals surface area (Å²) in [6.45, 7) is 2.56. The molecule has 0 fully saturated rings. The van der Waals surface area contributed by atoms with Gasteiger partial charge in [0.25, 0.3) is 0 Å². The minimum Gasteiger partial charge on any atom is -0.456 e. The van der Waals surface area contributed by atoms with Gasteiger partial charge in [-0.15, -0.1) is 0 Å². The van der Waals surface area contributed by atoms with E-state index in [0.717, 1.165) is 5.56 Å². The summed E-state index contributed by atoms with van der Waals surface area (Å²) in [5.74, 6) is 1.24. The van der Waals surface area contributed by atoms with Crippen molar-refractivity contribution in [1.82, 2.24) is 0 Å². The maximum absolute atomic E-state index is 11.7. The fourth-order valence-corrected chi connectivity index (χ4v) is 1.79. The number of fused-ring (bicyclic) bond motifs is 1. The van der Waals surface area contributed by atoms with Gasteiger partial charge in [-0.25, -0.2) is 0 Å². The van der Waals surface area contributed by atoms with E-state index in [1.165, 1.54) is 12.3 Å². The van der Waals surface area contributed by atoms with Crippen LogP contribution in [0.2, 0.25) is 0 Å². The number of furan rings is 1. The minimum absolute atomic E-state index is 0.157. The maximum Gasteiger partial charge on any atom is 0.230 e. The van der Waals surface area contributed by atoms with E-state index < -0.39 is 0 Å². The van der Waals surface area contributed by atoms with Crippen molar-refractivity contribution in [2.45, 2.75) is 6.92 Å². The molecule has 5 heteroatoms. The molecule has 0 aliphatic rings. The van der Waals surface area contributed by atoms with E-state index in [-0.39, 0.29) is 11.0 Å². The first kappa shape index (κ1) is 11.1. The van der Waals surface area contributed by atoms with Crippen LogP contribution in [0.3, 0.4) is 0 Å². The van der Waals surface area contributed by atoms with Crippen molar-refractivity contribution in [1.29, 1.82) is 0 Å². The van der Waals surface area contributed by atoms with Gasteiger partial charge < -0.3 is 13.7 Å². The van der Waals surface area contributed by atoms with Crippen LogP contribution < -0.4 is 10.3 Å². The topological polar surface area (TPSA) is 46.6 Å². The number of nitrogens with zero attached hydrogens (tertiary/aromatic N) is 1. The van der Waals surface area contributed by atoms with Gasteiger partial charge in [0.05, 0.1) is 12.3 Å². The minimum atomic E-state index is -0.157. The van der Waals surface area contributed by atoms with Gasteiger partial charge in [-0.1, -0.05) is 0 Å². The van der Waals surface area contributed by atoms with E-state index in [1.807, 2.05) is 18.9 Å². The third-order valence-corrected chi connectivity index (χ3v) is 2.61. The normalized spacial score (nSPS) is 10.9. The average Bonchev–Trinajstić information content (AvgIpc) is 2.61. The summed E-state index contributed by atoms with van der Waals surface area (Å²) in [6, 6.07) is 1.44. The second-order valence-electron chi connectivity index (χ2n) is 3.67. The van der Waals surface area contributed by atoms with Crippen molar-refractivity contribution in [2.75, 3.05) is 24.2 Å². The van der Waals surface area contributed by atoms with Crippen molar-refractivity contribution in [2.24, 2.45) is 0 Å². The number of rotatable bonds is 3. The monoisotopic (exact) mass is 239 g/mol. The Bertz CT molecular complexity index is 558. The predicted molar refractivity (Wildman–Crippen MR) is 66.6 cm³/mol. The highest BCUT2D eigenvalue weighted by Gasteiger charge is 2.12. The summed E-state index contributed by atoms with van der Waals surface area (Å²) in [5, 5.41) is 0. The molecule has 0 bridgehead atoms. The van der Waals surface area contributed by atoms with E-state index in [1.54, 1.807) is 0 Å². The van der Waals surface area contributed by atoms with Crippen LogP contribution in [-0.2, 0) is 0 Å². The number of aryl methyl sites for hydroxylation is 1. The largest absolute Gasteiger partial charge is 0.456 e. The lowest BCUT2D eigenvalue weighted by molar-refractivity contribution is 0.571. The zero-order chi connectivity index (χ0) is 11.7. The van der Waals surface area contributed by atoms with Gasteiger partial charge >= 0.3 is 0 Å². The van der Waals surface area contributed by atoms with Crippen LogP contribution in [0.25, 0.3) is 11.2 Å². The van der Waals surface area contributed by atoms with Crippen LogP contribution >= 0.6 is 12.6 Å². The Balaban J connectivity index is 2.56. The quantitative estimate of drug-likeness (QED) is 0.833. The lowest BCUT2D eigenvalue weighted by Gasteiger charge is -2.15. The second-order valence-corrected chi connectivity index (χ2v) is 4.12. The highest BCUT2D eigenvalue weighted by molar-refractivity contribution is 7.80. The molecule has 0 saturated heterocycles. The van der Waals surface area contributed by atoms with Crippen LogP contribution in [0.15, 0.2) is 26.0 Å². The summed E-state index contributed by atoms with van der Waals surface area (Å²) in [6.07, 6.45) is 1.53. The fraction of sp³-hybridized carbons (Fsp3) is 0.364. The molecule has 0 radical (unpaired) electrons. The van der Waals surface area contributed by atoms with Crippen LogP contribution in [0, 0.1) is 6.92 Å². The molecule has 2 aromatic heterocycles. The molecule has 0 amide bonds. The van der Waals surface area contributed by atoms with Gasteiger partial charge in [0.2, 0.25) is 11.0 Å². The second kappa shape index (κ2) is 4.25.